The first kappa shape index (κ1) is 15.7. The zero-order valence-corrected chi connectivity index (χ0v) is 14.0. The third-order valence-corrected chi connectivity index (χ3v) is 4.67. The number of anilines is 1. The normalized spacial score (nSPS) is 15.5. The molecule has 0 bridgehead atoms. The van der Waals surface area contributed by atoms with E-state index in [1.807, 2.05) is 42.5 Å². The Hall–Kier alpha value is -2.82. The summed E-state index contributed by atoms with van der Waals surface area (Å²) < 4.78 is 5.84. The molecule has 2 amide bonds. The van der Waals surface area contributed by atoms with Crippen LogP contribution in [0.1, 0.15) is 25.7 Å². The lowest BCUT2D eigenvalue weighted by molar-refractivity contribution is -0.134. The van der Waals surface area contributed by atoms with Crippen LogP contribution in [0.5, 0.6) is 0 Å². The largest absolute Gasteiger partial charge is 0.456 e. The highest BCUT2D eigenvalue weighted by molar-refractivity contribution is 6.06. The van der Waals surface area contributed by atoms with E-state index in [2.05, 4.69) is 5.32 Å². The van der Waals surface area contributed by atoms with Crippen LogP contribution in [0.4, 0.5) is 5.69 Å². The monoisotopic (exact) mass is 336 g/mol. The number of nitrogens with zero attached hydrogens (tertiary/aromatic N) is 1. The number of para-hydroxylation sites is 1. The highest BCUT2D eigenvalue weighted by atomic mass is 16.3. The summed E-state index contributed by atoms with van der Waals surface area (Å²) in [5, 5.41) is 4.96. The topological polar surface area (TPSA) is 62.6 Å². The summed E-state index contributed by atoms with van der Waals surface area (Å²) in [6, 6.07) is 13.5. The summed E-state index contributed by atoms with van der Waals surface area (Å²) in [6.07, 6.45) is 3.47. The van der Waals surface area contributed by atoms with Crippen LogP contribution in [-0.2, 0) is 9.59 Å². The zero-order chi connectivity index (χ0) is 17.2. The van der Waals surface area contributed by atoms with Gasteiger partial charge in [-0.25, -0.2) is 0 Å². The molecule has 1 saturated heterocycles. The van der Waals surface area contributed by atoms with Gasteiger partial charge >= 0.3 is 0 Å². The molecule has 1 aliphatic rings. The number of fused-ring (bicyclic) bond motifs is 3. The Bertz CT molecular complexity index is 944. The van der Waals surface area contributed by atoms with E-state index in [0.717, 1.165) is 41.2 Å². The molecule has 2 aromatic carbocycles. The van der Waals surface area contributed by atoms with Crippen LogP contribution < -0.4 is 5.32 Å². The first-order valence-corrected chi connectivity index (χ1v) is 8.70. The Morgan fingerprint density at radius 1 is 1.04 bits per heavy atom. The van der Waals surface area contributed by atoms with Gasteiger partial charge in [0, 0.05) is 35.5 Å². The molecule has 128 valence electrons. The van der Waals surface area contributed by atoms with Crippen LogP contribution >= 0.6 is 0 Å². The van der Waals surface area contributed by atoms with E-state index in [1.165, 1.54) is 0 Å². The van der Waals surface area contributed by atoms with Crippen molar-refractivity contribution in [2.24, 2.45) is 0 Å². The predicted molar refractivity (Wildman–Crippen MR) is 97.4 cm³/mol. The molecule has 1 aromatic heterocycles. The molecule has 0 saturated carbocycles. The molecule has 0 unspecified atom stereocenters. The van der Waals surface area contributed by atoms with E-state index in [9.17, 15) is 9.59 Å². The van der Waals surface area contributed by atoms with Gasteiger partial charge in [-0.2, -0.15) is 0 Å². The number of hydrogen-bond acceptors (Lipinski definition) is 3. The quantitative estimate of drug-likeness (QED) is 0.788. The van der Waals surface area contributed by atoms with Gasteiger partial charge in [0.1, 0.15) is 11.2 Å². The molecular formula is C20H20N2O3. The van der Waals surface area contributed by atoms with Crippen molar-refractivity contribution in [3.63, 3.8) is 0 Å². The summed E-state index contributed by atoms with van der Waals surface area (Å²) in [5.74, 6) is -0.105. The second kappa shape index (κ2) is 6.59. The van der Waals surface area contributed by atoms with E-state index >= 15 is 0 Å². The molecule has 5 nitrogen and oxygen atoms in total. The minimum Gasteiger partial charge on any atom is -0.456 e. The molecule has 25 heavy (non-hydrogen) atoms. The number of hydrogen-bond donors (Lipinski definition) is 1. The molecule has 1 aliphatic heterocycles. The summed E-state index contributed by atoms with van der Waals surface area (Å²) in [4.78, 5) is 26.0. The number of rotatable bonds is 3. The number of furan rings is 1. The Kier molecular flexibility index (Phi) is 4.14. The number of nitrogens with one attached hydrogen (secondary N) is 1. The molecule has 5 heteroatoms. The third kappa shape index (κ3) is 3.22. The van der Waals surface area contributed by atoms with E-state index < -0.39 is 0 Å². The SMILES string of the molecule is O=C(CN1CCCCCC1=O)Nc1ccc2c(c1)oc1ccccc12. The Labute approximate surface area is 145 Å². The Morgan fingerprint density at radius 2 is 1.88 bits per heavy atom. The number of carbonyl (C=O) groups is 2. The van der Waals surface area contributed by atoms with Gasteiger partial charge in [-0.1, -0.05) is 24.6 Å². The zero-order valence-electron chi connectivity index (χ0n) is 14.0. The average Bonchev–Trinajstić information content (AvgIpc) is 2.85. The molecule has 0 spiro atoms. The Balaban J connectivity index is 1.50. The maximum atomic E-state index is 12.3. The van der Waals surface area contributed by atoms with Crippen molar-refractivity contribution in [1.82, 2.24) is 4.90 Å². The van der Waals surface area contributed by atoms with Gasteiger partial charge in [0.25, 0.3) is 0 Å². The molecule has 0 atom stereocenters. The second-order valence-corrected chi connectivity index (χ2v) is 6.48. The number of amides is 2. The van der Waals surface area contributed by atoms with Crippen molar-refractivity contribution in [3.05, 3.63) is 42.5 Å². The minimum atomic E-state index is -0.175. The summed E-state index contributed by atoms with van der Waals surface area (Å²) in [6.45, 7) is 0.770. The Morgan fingerprint density at radius 3 is 2.80 bits per heavy atom. The van der Waals surface area contributed by atoms with Crippen LogP contribution in [0.15, 0.2) is 46.9 Å². The summed E-state index contributed by atoms with van der Waals surface area (Å²) >= 11 is 0. The second-order valence-electron chi connectivity index (χ2n) is 6.48. The van der Waals surface area contributed by atoms with Crippen molar-refractivity contribution in [2.75, 3.05) is 18.4 Å². The number of benzene rings is 2. The van der Waals surface area contributed by atoms with Crippen LogP contribution in [0.2, 0.25) is 0 Å². The highest BCUT2D eigenvalue weighted by Gasteiger charge is 2.19. The maximum Gasteiger partial charge on any atom is 0.243 e. The van der Waals surface area contributed by atoms with Crippen molar-refractivity contribution in [3.8, 4) is 0 Å². The molecular weight excluding hydrogens is 316 g/mol. The molecule has 1 fully saturated rings. The standard InChI is InChI=1S/C20H20N2O3/c23-19(13-22-11-5-1-2-8-20(22)24)21-14-9-10-16-15-6-3-4-7-17(15)25-18(16)12-14/h3-4,6-7,9-10,12H,1-2,5,8,11,13H2,(H,21,23). The van der Waals surface area contributed by atoms with Gasteiger partial charge in [0.15, 0.2) is 0 Å². The fourth-order valence-corrected chi connectivity index (χ4v) is 3.38. The summed E-state index contributed by atoms with van der Waals surface area (Å²) in [7, 11) is 0. The van der Waals surface area contributed by atoms with Gasteiger partial charge in [0.2, 0.25) is 11.8 Å². The van der Waals surface area contributed by atoms with E-state index in [4.69, 9.17) is 4.42 Å². The maximum absolute atomic E-state index is 12.3. The van der Waals surface area contributed by atoms with Crippen LogP contribution in [0.25, 0.3) is 21.9 Å². The lowest BCUT2D eigenvalue weighted by Gasteiger charge is -2.19. The van der Waals surface area contributed by atoms with Gasteiger partial charge < -0.3 is 14.6 Å². The van der Waals surface area contributed by atoms with Gasteiger partial charge in [0.05, 0.1) is 6.54 Å². The van der Waals surface area contributed by atoms with Crippen LogP contribution in [0.3, 0.4) is 0 Å². The van der Waals surface area contributed by atoms with Crippen molar-refractivity contribution in [1.29, 1.82) is 0 Å². The average molecular weight is 336 g/mol. The fraction of sp³-hybridized carbons (Fsp3) is 0.300. The van der Waals surface area contributed by atoms with Gasteiger partial charge in [-0.3, -0.25) is 9.59 Å². The molecule has 0 radical (unpaired) electrons. The van der Waals surface area contributed by atoms with E-state index in [-0.39, 0.29) is 18.4 Å². The highest BCUT2D eigenvalue weighted by Crippen LogP contribution is 2.30. The fourth-order valence-electron chi connectivity index (χ4n) is 3.38. The predicted octanol–water partition coefficient (Wildman–Crippen LogP) is 3.93. The number of carbonyl (C=O) groups excluding carboxylic acids is 2. The summed E-state index contributed by atoms with van der Waals surface area (Å²) in [5.41, 5.74) is 2.25. The van der Waals surface area contributed by atoms with Crippen LogP contribution in [-0.4, -0.2) is 29.8 Å². The number of likely N-dealkylation sites (tertiary alicyclic amines) is 1. The molecule has 0 aliphatic carbocycles. The van der Waals surface area contributed by atoms with E-state index in [0.29, 0.717) is 18.7 Å². The van der Waals surface area contributed by atoms with Crippen molar-refractivity contribution < 1.29 is 14.0 Å². The molecule has 2 heterocycles. The third-order valence-electron chi connectivity index (χ3n) is 4.67. The first-order chi connectivity index (χ1) is 12.2. The lowest BCUT2D eigenvalue weighted by Crippen LogP contribution is -2.37. The van der Waals surface area contributed by atoms with Crippen molar-refractivity contribution in [2.45, 2.75) is 25.7 Å². The minimum absolute atomic E-state index is 0.0698. The van der Waals surface area contributed by atoms with Gasteiger partial charge in [-0.15, -0.1) is 0 Å². The molecule has 3 aromatic rings. The molecule has 4 rings (SSSR count). The van der Waals surface area contributed by atoms with Gasteiger partial charge in [-0.05, 0) is 31.0 Å². The molecule has 1 N–H and O–H groups in total. The smallest absolute Gasteiger partial charge is 0.243 e. The lowest BCUT2D eigenvalue weighted by atomic mass is 10.1. The van der Waals surface area contributed by atoms with Crippen molar-refractivity contribution >= 4 is 39.4 Å². The van der Waals surface area contributed by atoms with E-state index in [1.54, 1.807) is 4.90 Å². The first-order valence-electron chi connectivity index (χ1n) is 8.70. The van der Waals surface area contributed by atoms with Crippen LogP contribution in [0, 0.1) is 0 Å².